The summed E-state index contributed by atoms with van der Waals surface area (Å²) in [6.07, 6.45) is 1.05. The van der Waals surface area contributed by atoms with Gasteiger partial charge in [-0.1, -0.05) is 69.3 Å². The van der Waals surface area contributed by atoms with Gasteiger partial charge in [0.15, 0.2) is 0 Å². The third kappa shape index (κ3) is 6.30. The second-order valence-corrected chi connectivity index (χ2v) is 9.99. The van der Waals surface area contributed by atoms with Crippen LogP contribution in [0.4, 0.5) is 0 Å². The molecular formula is C30H35N3O2. The second-order valence-electron chi connectivity index (χ2n) is 9.99. The Kier molecular flexibility index (Phi) is 7.54. The van der Waals surface area contributed by atoms with E-state index in [4.69, 9.17) is 9.72 Å². The zero-order chi connectivity index (χ0) is 24.8. The van der Waals surface area contributed by atoms with Crippen LogP contribution >= 0.6 is 0 Å². The van der Waals surface area contributed by atoms with Gasteiger partial charge in [0, 0.05) is 13.0 Å². The molecule has 0 atom stereocenters. The first-order valence-corrected chi connectivity index (χ1v) is 12.3. The molecule has 5 nitrogen and oxygen atoms in total. The maximum atomic E-state index is 12.5. The zero-order valence-electron chi connectivity index (χ0n) is 21.2. The van der Waals surface area contributed by atoms with E-state index in [1.807, 2.05) is 61.5 Å². The van der Waals surface area contributed by atoms with E-state index in [9.17, 15) is 4.79 Å². The fourth-order valence-electron chi connectivity index (χ4n) is 4.23. The fourth-order valence-corrected chi connectivity index (χ4v) is 4.23. The molecule has 0 aliphatic carbocycles. The van der Waals surface area contributed by atoms with Gasteiger partial charge in [-0.3, -0.25) is 4.79 Å². The minimum absolute atomic E-state index is 0.0315. The summed E-state index contributed by atoms with van der Waals surface area (Å²) in [4.78, 5) is 17.3. The van der Waals surface area contributed by atoms with Crippen molar-refractivity contribution in [1.29, 1.82) is 0 Å². The van der Waals surface area contributed by atoms with E-state index in [1.165, 1.54) is 5.56 Å². The average molecular weight is 470 g/mol. The van der Waals surface area contributed by atoms with Crippen molar-refractivity contribution < 1.29 is 9.53 Å². The van der Waals surface area contributed by atoms with E-state index in [-0.39, 0.29) is 11.3 Å². The van der Waals surface area contributed by atoms with Gasteiger partial charge in [-0.25, -0.2) is 4.98 Å². The van der Waals surface area contributed by atoms with Crippen molar-refractivity contribution in [3.63, 3.8) is 0 Å². The molecule has 3 aromatic carbocycles. The number of aryl methyl sites for hydroxylation is 1. The number of para-hydroxylation sites is 2. The first-order chi connectivity index (χ1) is 16.8. The molecule has 0 bridgehead atoms. The number of nitrogens with zero attached hydrogens (tertiary/aromatic N) is 2. The molecule has 1 N–H and O–H groups in total. The van der Waals surface area contributed by atoms with Gasteiger partial charge >= 0.3 is 0 Å². The van der Waals surface area contributed by atoms with Crippen LogP contribution in [0.5, 0.6) is 5.75 Å². The number of benzene rings is 3. The summed E-state index contributed by atoms with van der Waals surface area (Å²) >= 11 is 0. The molecule has 4 aromatic rings. The smallest absolute Gasteiger partial charge is 0.224 e. The molecule has 0 saturated heterocycles. The van der Waals surface area contributed by atoms with Crippen molar-refractivity contribution in [2.75, 3.05) is 13.2 Å². The number of amides is 1. The Morgan fingerprint density at radius 2 is 1.69 bits per heavy atom. The van der Waals surface area contributed by atoms with Crippen molar-refractivity contribution in [2.24, 2.45) is 0 Å². The molecule has 0 fully saturated rings. The highest BCUT2D eigenvalue weighted by Gasteiger charge is 2.14. The van der Waals surface area contributed by atoms with Crippen molar-refractivity contribution in [1.82, 2.24) is 14.9 Å². The van der Waals surface area contributed by atoms with Gasteiger partial charge in [-0.15, -0.1) is 0 Å². The van der Waals surface area contributed by atoms with E-state index >= 15 is 0 Å². The molecule has 0 aliphatic rings. The number of rotatable bonds is 9. The minimum atomic E-state index is 0.0315. The van der Waals surface area contributed by atoms with E-state index in [2.05, 4.69) is 48.9 Å². The Hall–Kier alpha value is -3.60. The molecule has 0 radical (unpaired) electrons. The number of ether oxygens (including phenoxy) is 1. The number of hydrogen-bond donors (Lipinski definition) is 1. The third-order valence-corrected chi connectivity index (χ3v) is 6.32. The first kappa shape index (κ1) is 24.5. The third-order valence-electron chi connectivity index (χ3n) is 6.32. The van der Waals surface area contributed by atoms with Gasteiger partial charge in [-0.05, 0) is 53.3 Å². The van der Waals surface area contributed by atoms with Crippen LogP contribution in [0.1, 0.15) is 43.3 Å². The lowest BCUT2D eigenvalue weighted by molar-refractivity contribution is -0.120. The molecular weight excluding hydrogens is 434 g/mol. The molecule has 1 amide bonds. The second kappa shape index (κ2) is 10.8. The number of nitrogens with one attached hydrogen (secondary N) is 1. The topological polar surface area (TPSA) is 56.2 Å². The summed E-state index contributed by atoms with van der Waals surface area (Å²) in [6.45, 7) is 10.4. The van der Waals surface area contributed by atoms with Crippen LogP contribution in [-0.2, 0) is 29.6 Å². The van der Waals surface area contributed by atoms with Crippen LogP contribution in [0.3, 0.4) is 0 Å². The zero-order valence-corrected chi connectivity index (χ0v) is 21.2. The maximum Gasteiger partial charge on any atom is 0.224 e. The van der Waals surface area contributed by atoms with Gasteiger partial charge in [0.05, 0.1) is 24.0 Å². The summed E-state index contributed by atoms with van der Waals surface area (Å²) in [6, 6.07) is 24.5. The van der Waals surface area contributed by atoms with Gasteiger partial charge < -0.3 is 14.6 Å². The van der Waals surface area contributed by atoms with Crippen molar-refractivity contribution in [2.45, 2.75) is 52.5 Å². The largest absolute Gasteiger partial charge is 0.492 e. The highest BCUT2D eigenvalue weighted by Crippen LogP contribution is 2.24. The molecule has 0 aliphatic heterocycles. The number of carbonyl (C=O) groups is 1. The minimum Gasteiger partial charge on any atom is -0.492 e. The first-order valence-electron chi connectivity index (χ1n) is 12.3. The van der Waals surface area contributed by atoms with E-state index < -0.39 is 0 Å². The monoisotopic (exact) mass is 469 g/mol. The van der Waals surface area contributed by atoms with Gasteiger partial charge in [0.1, 0.15) is 18.2 Å². The summed E-state index contributed by atoms with van der Waals surface area (Å²) < 4.78 is 8.25. The van der Waals surface area contributed by atoms with E-state index in [0.29, 0.717) is 32.5 Å². The van der Waals surface area contributed by atoms with Crippen LogP contribution in [0.15, 0.2) is 72.8 Å². The van der Waals surface area contributed by atoms with Gasteiger partial charge in [-0.2, -0.15) is 0 Å². The molecule has 0 unspecified atom stereocenters. The van der Waals surface area contributed by atoms with Gasteiger partial charge in [0.2, 0.25) is 5.91 Å². The lowest BCUT2D eigenvalue weighted by atomic mass is 9.87. The predicted molar refractivity (Wildman–Crippen MR) is 142 cm³/mol. The molecule has 182 valence electrons. The van der Waals surface area contributed by atoms with Crippen LogP contribution in [0.25, 0.3) is 11.0 Å². The molecule has 0 saturated carbocycles. The SMILES string of the molecule is Cc1ccccc1CC(=O)NCCc1nc2ccccc2n1CCOc1ccc(C(C)(C)C)cc1. The average Bonchev–Trinajstić information content (AvgIpc) is 3.18. The van der Waals surface area contributed by atoms with Crippen LogP contribution in [0, 0.1) is 6.92 Å². The van der Waals surface area contributed by atoms with Crippen LogP contribution < -0.4 is 10.1 Å². The lowest BCUT2D eigenvalue weighted by Crippen LogP contribution is -2.28. The number of imidazole rings is 1. The van der Waals surface area contributed by atoms with E-state index in [0.717, 1.165) is 33.7 Å². The standard InChI is InChI=1S/C30H35N3O2/c1-22-9-5-6-10-23(22)21-29(34)31-18-17-28-32-26-11-7-8-12-27(26)33(28)19-20-35-25-15-13-24(14-16-25)30(2,3)4/h5-16H,17-21H2,1-4H3,(H,31,34). The molecule has 1 heterocycles. The summed E-state index contributed by atoms with van der Waals surface area (Å²) in [5.74, 6) is 1.85. The fraction of sp³-hybridized carbons (Fsp3) is 0.333. The summed E-state index contributed by atoms with van der Waals surface area (Å²) in [7, 11) is 0. The normalized spacial score (nSPS) is 11.5. The molecule has 4 rings (SSSR count). The van der Waals surface area contributed by atoms with Crippen LogP contribution in [-0.4, -0.2) is 28.6 Å². The highest BCUT2D eigenvalue weighted by molar-refractivity contribution is 5.79. The van der Waals surface area contributed by atoms with Gasteiger partial charge in [0.25, 0.3) is 0 Å². The van der Waals surface area contributed by atoms with Crippen LogP contribution in [0.2, 0.25) is 0 Å². The Morgan fingerprint density at radius 1 is 0.971 bits per heavy atom. The number of hydrogen-bond acceptors (Lipinski definition) is 3. The van der Waals surface area contributed by atoms with Crippen molar-refractivity contribution >= 4 is 16.9 Å². The van der Waals surface area contributed by atoms with Crippen molar-refractivity contribution in [3.8, 4) is 5.75 Å². The summed E-state index contributed by atoms with van der Waals surface area (Å²) in [5.41, 5.74) is 5.65. The summed E-state index contributed by atoms with van der Waals surface area (Å²) in [5, 5.41) is 3.05. The molecule has 35 heavy (non-hydrogen) atoms. The quantitative estimate of drug-likeness (QED) is 0.346. The number of fused-ring (bicyclic) bond motifs is 1. The van der Waals surface area contributed by atoms with E-state index in [1.54, 1.807) is 0 Å². The predicted octanol–water partition coefficient (Wildman–Crippen LogP) is 5.62. The number of aromatic nitrogens is 2. The molecule has 0 spiro atoms. The Balaban J connectivity index is 1.37. The Morgan fingerprint density at radius 3 is 2.43 bits per heavy atom. The highest BCUT2D eigenvalue weighted by atomic mass is 16.5. The lowest BCUT2D eigenvalue weighted by Gasteiger charge is -2.19. The number of carbonyl (C=O) groups excluding carboxylic acids is 1. The Labute approximate surface area is 208 Å². The molecule has 1 aromatic heterocycles. The van der Waals surface area contributed by atoms with Crippen molar-refractivity contribution in [3.05, 3.63) is 95.3 Å². The Bertz CT molecular complexity index is 1280. The maximum absolute atomic E-state index is 12.5. The molecule has 5 heteroatoms.